The first-order chi connectivity index (χ1) is 5.31. The van der Waals surface area contributed by atoms with E-state index in [1.807, 2.05) is 0 Å². The molecule has 2 fully saturated rings. The first-order valence-corrected chi connectivity index (χ1v) is 4.27. The van der Waals surface area contributed by atoms with Gasteiger partial charge in [-0.05, 0) is 12.8 Å². The molecule has 1 spiro atoms. The highest BCUT2D eigenvalue weighted by Gasteiger charge is 2.43. The Morgan fingerprint density at radius 3 is 3.00 bits per heavy atom. The molecule has 0 unspecified atom stereocenters. The van der Waals surface area contributed by atoms with Gasteiger partial charge in [0, 0.05) is 18.5 Å². The molecule has 2 N–H and O–H groups in total. The molecule has 0 radical (unpaired) electrons. The van der Waals surface area contributed by atoms with Gasteiger partial charge in [0.05, 0.1) is 19.3 Å². The lowest BCUT2D eigenvalue weighted by molar-refractivity contribution is -0.0693. The van der Waals surface area contributed by atoms with Crippen molar-refractivity contribution >= 4 is 0 Å². The van der Waals surface area contributed by atoms with Gasteiger partial charge in [0.1, 0.15) is 0 Å². The van der Waals surface area contributed by atoms with Crippen molar-refractivity contribution in [3.8, 4) is 0 Å². The summed E-state index contributed by atoms with van der Waals surface area (Å²) in [6, 6.07) is 0. The number of nitrogens with one attached hydrogen (secondary N) is 1. The Labute approximate surface area is 66.7 Å². The number of hydrogen-bond acceptors (Lipinski definition) is 3. The zero-order valence-electron chi connectivity index (χ0n) is 6.68. The monoisotopic (exact) mass is 157 g/mol. The summed E-state index contributed by atoms with van der Waals surface area (Å²) < 4.78 is 5.43. The van der Waals surface area contributed by atoms with Crippen LogP contribution in [0.4, 0.5) is 0 Å². The van der Waals surface area contributed by atoms with E-state index in [1.54, 1.807) is 0 Å². The van der Waals surface area contributed by atoms with Crippen LogP contribution in [0, 0.1) is 5.41 Å². The molecule has 1 aliphatic heterocycles. The average molecular weight is 157 g/mol. The fraction of sp³-hybridized carbons (Fsp3) is 1.00. The SMILES string of the molecule is OC1CC2(CNCCOC2)C1. The second-order valence-corrected chi connectivity index (χ2v) is 3.79. The lowest BCUT2D eigenvalue weighted by Gasteiger charge is -2.44. The minimum absolute atomic E-state index is 0.0708. The molecule has 0 aromatic heterocycles. The Hall–Kier alpha value is -0.120. The van der Waals surface area contributed by atoms with Gasteiger partial charge in [-0.15, -0.1) is 0 Å². The van der Waals surface area contributed by atoms with E-state index in [9.17, 15) is 5.11 Å². The van der Waals surface area contributed by atoms with Crippen molar-refractivity contribution in [2.75, 3.05) is 26.3 Å². The number of aliphatic hydroxyl groups is 1. The molecule has 1 saturated heterocycles. The molecule has 0 aromatic rings. The summed E-state index contributed by atoms with van der Waals surface area (Å²) in [5.41, 5.74) is 0.274. The van der Waals surface area contributed by atoms with Gasteiger partial charge in [-0.3, -0.25) is 0 Å². The Morgan fingerprint density at radius 2 is 2.27 bits per heavy atom. The Morgan fingerprint density at radius 1 is 1.45 bits per heavy atom. The molecule has 2 rings (SSSR count). The van der Waals surface area contributed by atoms with Crippen molar-refractivity contribution in [2.24, 2.45) is 5.41 Å². The lowest BCUT2D eigenvalue weighted by Crippen LogP contribution is -2.49. The van der Waals surface area contributed by atoms with Crippen molar-refractivity contribution in [2.45, 2.75) is 18.9 Å². The summed E-state index contributed by atoms with van der Waals surface area (Å²) >= 11 is 0. The summed E-state index contributed by atoms with van der Waals surface area (Å²) in [5.74, 6) is 0. The van der Waals surface area contributed by atoms with Crippen molar-refractivity contribution < 1.29 is 9.84 Å². The van der Waals surface area contributed by atoms with Crippen LogP contribution in [-0.4, -0.2) is 37.5 Å². The zero-order valence-corrected chi connectivity index (χ0v) is 6.68. The highest BCUT2D eigenvalue weighted by atomic mass is 16.5. The van der Waals surface area contributed by atoms with E-state index in [0.29, 0.717) is 0 Å². The predicted molar refractivity (Wildman–Crippen MR) is 41.4 cm³/mol. The highest BCUT2D eigenvalue weighted by Crippen LogP contribution is 2.41. The molecule has 0 atom stereocenters. The highest BCUT2D eigenvalue weighted by molar-refractivity contribution is 4.96. The quantitative estimate of drug-likeness (QED) is 0.509. The van der Waals surface area contributed by atoms with Crippen molar-refractivity contribution in [1.82, 2.24) is 5.32 Å². The Kier molecular flexibility index (Phi) is 1.87. The summed E-state index contributed by atoms with van der Waals surface area (Å²) in [7, 11) is 0. The smallest absolute Gasteiger partial charge is 0.0591 e. The third-order valence-corrected chi connectivity index (χ3v) is 2.67. The number of ether oxygens (including phenoxy) is 1. The maximum Gasteiger partial charge on any atom is 0.0591 e. The molecule has 3 nitrogen and oxygen atoms in total. The van der Waals surface area contributed by atoms with Gasteiger partial charge in [0.2, 0.25) is 0 Å². The van der Waals surface area contributed by atoms with E-state index in [4.69, 9.17) is 4.74 Å². The van der Waals surface area contributed by atoms with E-state index in [0.717, 1.165) is 39.1 Å². The van der Waals surface area contributed by atoms with Gasteiger partial charge in [0.25, 0.3) is 0 Å². The maximum absolute atomic E-state index is 9.17. The number of aliphatic hydroxyl groups excluding tert-OH is 1. The zero-order chi connectivity index (χ0) is 7.73. The van der Waals surface area contributed by atoms with Gasteiger partial charge in [-0.1, -0.05) is 0 Å². The second kappa shape index (κ2) is 2.73. The summed E-state index contributed by atoms with van der Waals surface area (Å²) in [5, 5.41) is 12.5. The van der Waals surface area contributed by atoms with Crippen LogP contribution >= 0.6 is 0 Å². The third kappa shape index (κ3) is 1.41. The molecule has 64 valence electrons. The molecule has 0 aromatic carbocycles. The molecular formula is C8H15NO2. The third-order valence-electron chi connectivity index (χ3n) is 2.67. The summed E-state index contributed by atoms with van der Waals surface area (Å²) in [4.78, 5) is 0. The lowest BCUT2D eigenvalue weighted by atomic mass is 9.67. The molecule has 1 saturated carbocycles. The van der Waals surface area contributed by atoms with Gasteiger partial charge < -0.3 is 15.2 Å². The van der Waals surface area contributed by atoms with E-state index in [-0.39, 0.29) is 11.5 Å². The molecule has 2 aliphatic rings. The van der Waals surface area contributed by atoms with Crippen molar-refractivity contribution in [3.05, 3.63) is 0 Å². The second-order valence-electron chi connectivity index (χ2n) is 3.79. The van der Waals surface area contributed by atoms with Gasteiger partial charge in [-0.25, -0.2) is 0 Å². The molecule has 3 heteroatoms. The van der Waals surface area contributed by atoms with Crippen LogP contribution in [0.1, 0.15) is 12.8 Å². The standard InChI is InChI=1S/C8H15NO2/c10-7-3-8(4-7)5-9-1-2-11-6-8/h7,9-10H,1-6H2. The molecule has 11 heavy (non-hydrogen) atoms. The number of hydrogen-bond donors (Lipinski definition) is 2. The van der Waals surface area contributed by atoms with Crippen LogP contribution in [0.25, 0.3) is 0 Å². The van der Waals surface area contributed by atoms with Gasteiger partial charge in [-0.2, -0.15) is 0 Å². The van der Waals surface area contributed by atoms with Crippen LogP contribution in [0.3, 0.4) is 0 Å². The molecular weight excluding hydrogens is 142 g/mol. The normalized spacial score (nSPS) is 45.0. The van der Waals surface area contributed by atoms with E-state index < -0.39 is 0 Å². The van der Waals surface area contributed by atoms with E-state index >= 15 is 0 Å². The molecule has 1 heterocycles. The van der Waals surface area contributed by atoms with Crippen molar-refractivity contribution in [1.29, 1.82) is 0 Å². The predicted octanol–water partition coefficient (Wildman–Crippen LogP) is -0.253. The largest absolute Gasteiger partial charge is 0.393 e. The van der Waals surface area contributed by atoms with Crippen LogP contribution in [-0.2, 0) is 4.74 Å². The van der Waals surface area contributed by atoms with E-state index in [1.165, 1.54) is 0 Å². The van der Waals surface area contributed by atoms with Crippen LogP contribution < -0.4 is 5.32 Å². The van der Waals surface area contributed by atoms with Crippen LogP contribution in [0.5, 0.6) is 0 Å². The van der Waals surface area contributed by atoms with Crippen LogP contribution in [0.15, 0.2) is 0 Å². The summed E-state index contributed by atoms with van der Waals surface area (Å²) in [6.07, 6.45) is 1.76. The molecule has 0 bridgehead atoms. The first kappa shape index (κ1) is 7.53. The van der Waals surface area contributed by atoms with Crippen LogP contribution in [0.2, 0.25) is 0 Å². The average Bonchev–Trinajstić information content (AvgIpc) is 2.12. The van der Waals surface area contributed by atoms with E-state index in [2.05, 4.69) is 5.32 Å². The van der Waals surface area contributed by atoms with Gasteiger partial charge in [0.15, 0.2) is 0 Å². The fourth-order valence-electron chi connectivity index (χ4n) is 2.04. The molecule has 1 aliphatic carbocycles. The Balaban J connectivity index is 1.91. The first-order valence-electron chi connectivity index (χ1n) is 4.27. The van der Waals surface area contributed by atoms with Gasteiger partial charge >= 0.3 is 0 Å². The fourth-order valence-corrected chi connectivity index (χ4v) is 2.04. The molecule has 0 amide bonds. The minimum Gasteiger partial charge on any atom is -0.393 e. The maximum atomic E-state index is 9.17. The Bertz CT molecular complexity index is 133. The van der Waals surface area contributed by atoms with Crippen molar-refractivity contribution in [3.63, 3.8) is 0 Å². The number of rotatable bonds is 0. The summed E-state index contributed by atoms with van der Waals surface area (Å²) in [6.45, 7) is 3.62. The minimum atomic E-state index is -0.0708. The topological polar surface area (TPSA) is 41.5 Å².